The highest BCUT2D eigenvalue weighted by atomic mass is 35.5. The number of benzene rings is 1. The van der Waals surface area contributed by atoms with Crippen molar-refractivity contribution in [1.29, 1.82) is 0 Å². The molecule has 3 heterocycles. The van der Waals surface area contributed by atoms with Gasteiger partial charge in [0.15, 0.2) is 14.1 Å². The summed E-state index contributed by atoms with van der Waals surface area (Å²) in [5.74, 6) is 0.363. The van der Waals surface area contributed by atoms with E-state index in [0.29, 0.717) is 58.5 Å². The molecule has 236 valence electrons. The van der Waals surface area contributed by atoms with Crippen LogP contribution in [-0.4, -0.2) is 68.7 Å². The highest BCUT2D eigenvalue weighted by Gasteiger charge is 2.38. The molecule has 2 atom stereocenters. The molecule has 3 N–H and O–H groups in total. The average Bonchev–Trinajstić information content (AvgIpc) is 3.29. The second-order valence-corrected chi connectivity index (χ2v) is 25.1. The fraction of sp³-hybridized carbons (Fsp3) is 0.581. The number of rotatable bonds is 12. The third kappa shape index (κ3) is 8.46. The number of nitrogens with two attached hydrogens (primary N) is 1. The van der Waals surface area contributed by atoms with Gasteiger partial charge in [-0.15, -0.1) is 0 Å². The van der Waals surface area contributed by atoms with Gasteiger partial charge in [0.25, 0.3) is 0 Å². The van der Waals surface area contributed by atoms with Crippen molar-refractivity contribution in [3.63, 3.8) is 0 Å². The molecule has 4 rings (SSSR count). The van der Waals surface area contributed by atoms with E-state index in [-0.39, 0.29) is 29.7 Å². The predicted molar refractivity (Wildman–Crippen MR) is 180 cm³/mol. The van der Waals surface area contributed by atoms with Crippen molar-refractivity contribution in [2.45, 2.75) is 96.3 Å². The van der Waals surface area contributed by atoms with Crippen LogP contribution in [0, 0.1) is 0 Å². The van der Waals surface area contributed by atoms with Gasteiger partial charge in [0.1, 0.15) is 24.5 Å². The van der Waals surface area contributed by atoms with Gasteiger partial charge in [0, 0.05) is 32.1 Å². The molecule has 2 aromatic heterocycles. The summed E-state index contributed by atoms with van der Waals surface area (Å²) in [5.41, 5.74) is 7.84. The first-order valence-electron chi connectivity index (χ1n) is 15.1. The second-order valence-electron chi connectivity index (χ2n) is 14.3. The maximum atomic E-state index is 13.9. The van der Waals surface area contributed by atoms with Crippen LogP contribution in [0.5, 0.6) is 0 Å². The molecule has 43 heavy (non-hydrogen) atoms. The molecule has 0 aliphatic carbocycles. The van der Waals surface area contributed by atoms with Gasteiger partial charge >= 0.3 is 0 Å². The molecule has 1 unspecified atom stereocenters. The number of hydrogen-bond acceptors (Lipinski definition) is 8. The van der Waals surface area contributed by atoms with E-state index in [0.717, 1.165) is 18.9 Å². The molecule has 9 nitrogen and oxygen atoms in total. The number of halogens is 1. The van der Waals surface area contributed by atoms with Gasteiger partial charge in [-0.3, -0.25) is 4.79 Å². The molecule has 1 aliphatic rings. The molecular formula is C31H48ClN5O4Si2. The van der Waals surface area contributed by atoms with Crippen molar-refractivity contribution >= 4 is 56.3 Å². The zero-order valence-electron chi connectivity index (χ0n) is 26.9. The summed E-state index contributed by atoms with van der Waals surface area (Å²) in [6.07, 6.45) is 5.15. The molecule has 1 fully saturated rings. The quantitative estimate of drug-likeness (QED) is 0.0921. The molecule has 1 aromatic carbocycles. The third-order valence-electron chi connectivity index (χ3n) is 8.51. The van der Waals surface area contributed by atoms with Gasteiger partial charge < -0.3 is 29.5 Å². The highest BCUT2D eigenvalue weighted by Crippen LogP contribution is 2.37. The van der Waals surface area contributed by atoms with Crippen LogP contribution < -0.4 is 11.1 Å². The fourth-order valence-electron chi connectivity index (χ4n) is 4.67. The van der Waals surface area contributed by atoms with E-state index in [9.17, 15) is 4.79 Å². The Morgan fingerprint density at radius 2 is 1.91 bits per heavy atom. The molecule has 1 saturated heterocycles. The summed E-state index contributed by atoms with van der Waals surface area (Å²) >= 11 is 6.47. The van der Waals surface area contributed by atoms with E-state index in [1.807, 2.05) is 4.57 Å². The van der Waals surface area contributed by atoms with Gasteiger partial charge in [-0.1, -0.05) is 52.0 Å². The first-order valence-corrected chi connectivity index (χ1v) is 22.1. The molecule has 3 aromatic rings. The number of ketones is 1. The Bertz CT molecular complexity index is 1430. The Hall–Kier alpha value is -2.29. The Kier molecular flexibility index (Phi) is 10.5. The Balaban J connectivity index is 1.55. The lowest BCUT2D eigenvalue weighted by Gasteiger charge is -2.38. The van der Waals surface area contributed by atoms with E-state index >= 15 is 0 Å². The minimum Gasteiger partial charge on any atom is -0.414 e. The van der Waals surface area contributed by atoms with Crippen LogP contribution in [0.25, 0.3) is 11.0 Å². The number of ether oxygens (including phenoxy) is 2. The van der Waals surface area contributed by atoms with Gasteiger partial charge in [-0.2, -0.15) is 0 Å². The molecule has 1 aliphatic heterocycles. The monoisotopic (exact) mass is 645 g/mol. The number of carbonyl (C=O) groups is 1. The molecule has 0 amide bonds. The zero-order chi connectivity index (χ0) is 31.6. The number of nitrogens with zero attached hydrogens (tertiary/aromatic N) is 3. The minimum absolute atomic E-state index is 0.0293. The third-order valence-corrected chi connectivity index (χ3v) is 15.0. The standard InChI is InChI=1S/C31H48ClN5O4Si2/c1-31(2,3)43(7,8)41-18-23-11-10-22(17-40-23)36-29-27-25(28(38)24-12-9-21(33)15-26(24)32)16-37(30(27)35-19-34-29)20-39-13-14-42(4,5)6/h9,12,15-16,19,22-23H,10-11,13-14,17-18,20,33H2,1-8H3,(H,34,35,36)/t22?,23-/m0/s1. The summed E-state index contributed by atoms with van der Waals surface area (Å²) in [6, 6.07) is 6.00. The molecular weight excluding hydrogens is 598 g/mol. The molecule has 0 spiro atoms. The number of nitrogens with one attached hydrogen (secondary N) is 1. The Morgan fingerprint density at radius 1 is 1.16 bits per heavy atom. The smallest absolute Gasteiger partial charge is 0.196 e. The number of aromatic nitrogens is 3. The largest absolute Gasteiger partial charge is 0.414 e. The molecule has 12 heteroatoms. The summed E-state index contributed by atoms with van der Waals surface area (Å²) in [6.45, 7) is 20.3. The first kappa shape index (κ1) is 33.6. The van der Waals surface area contributed by atoms with Crippen molar-refractivity contribution in [2.24, 2.45) is 0 Å². The fourth-order valence-corrected chi connectivity index (χ4v) is 6.73. The minimum atomic E-state index is -1.84. The lowest BCUT2D eigenvalue weighted by Crippen LogP contribution is -2.44. The zero-order valence-corrected chi connectivity index (χ0v) is 29.7. The average molecular weight is 646 g/mol. The van der Waals surface area contributed by atoms with Crippen molar-refractivity contribution in [3.05, 3.63) is 46.9 Å². The lowest BCUT2D eigenvalue weighted by molar-refractivity contribution is -0.0193. The van der Waals surface area contributed by atoms with Crippen molar-refractivity contribution in [3.8, 4) is 0 Å². The van der Waals surface area contributed by atoms with E-state index < -0.39 is 16.4 Å². The molecule has 0 bridgehead atoms. The van der Waals surface area contributed by atoms with Gasteiger partial charge in [0.2, 0.25) is 0 Å². The van der Waals surface area contributed by atoms with E-state index in [2.05, 4.69) is 68.8 Å². The highest BCUT2D eigenvalue weighted by molar-refractivity contribution is 6.76. The Labute approximate surface area is 263 Å². The predicted octanol–water partition coefficient (Wildman–Crippen LogP) is 7.19. The maximum Gasteiger partial charge on any atom is 0.196 e. The molecule has 0 saturated carbocycles. The van der Waals surface area contributed by atoms with Crippen LogP contribution in [0.4, 0.5) is 11.5 Å². The SMILES string of the molecule is CC(C)(C)[Si](C)(C)OC[C@@H]1CCC(Nc2ncnc3c2c(C(=O)c2ccc(N)cc2Cl)cn3COCC[Si](C)(C)C)CO1. The number of fused-ring (bicyclic) bond motifs is 1. The summed E-state index contributed by atoms with van der Waals surface area (Å²) in [5, 5.41) is 4.65. The molecule has 0 radical (unpaired) electrons. The second kappa shape index (κ2) is 13.4. The van der Waals surface area contributed by atoms with Crippen LogP contribution in [0.3, 0.4) is 0 Å². The van der Waals surface area contributed by atoms with E-state index in [1.165, 1.54) is 6.33 Å². The van der Waals surface area contributed by atoms with Gasteiger partial charge in [-0.05, 0) is 55.2 Å². The van der Waals surface area contributed by atoms with Crippen molar-refractivity contribution in [2.75, 3.05) is 30.9 Å². The van der Waals surface area contributed by atoms with Crippen LogP contribution in [0.1, 0.15) is 49.5 Å². The summed E-state index contributed by atoms with van der Waals surface area (Å²) < 4.78 is 20.6. The van der Waals surface area contributed by atoms with Crippen LogP contribution >= 0.6 is 11.6 Å². The topological polar surface area (TPSA) is 114 Å². The summed E-state index contributed by atoms with van der Waals surface area (Å²) in [4.78, 5) is 23.0. The van der Waals surface area contributed by atoms with E-state index in [4.69, 9.17) is 31.2 Å². The van der Waals surface area contributed by atoms with Gasteiger partial charge in [0.05, 0.1) is 41.3 Å². The van der Waals surface area contributed by atoms with Crippen LogP contribution in [0.2, 0.25) is 48.8 Å². The summed E-state index contributed by atoms with van der Waals surface area (Å²) in [7, 11) is -3.09. The first-order chi connectivity index (χ1) is 20.1. The van der Waals surface area contributed by atoms with Crippen LogP contribution in [-0.2, 0) is 20.6 Å². The lowest BCUT2D eigenvalue weighted by atomic mass is 10.0. The van der Waals surface area contributed by atoms with Crippen LogP contribution in [0.15, 0.2) is 30.7 Å². The Morgan fingerprint density at radius 3 is 2.53 bits per heavy atom. The van der Waals surface area contributed by atoms with Gasteiger partial charge in [-0.25, -0.2) is 9.97 Å². The normalized spacial score (nSPS) is 18.3. The number of nitrogen functional groups attached to an aromatic ring is 1. The number of anilines is 2. The van der Waals surface area contributed by atoms with Crippen molar-refractivity contribution in [1.82, 2.24) is 14.5 Å². The number of carbonyl (C=O) groups excluding carboxylic acids is 1. The van der Waals surface area contributed by atoms with E-state index in [1.54, 1.807) is 24.4 Å². The number of hydrogen-bond donors (Lipinski definition) is 2. The van der Waals surface area contributed by atoms with Crippen molar-refractivity contribution < 1.29 is 18.7 Å². The maximum absolute atomic E-state index is 13.9.